The van der Waals surface area contributed by atoms with Crippen LogP contribution in [0.25, 0.3) is 0 Å². The fraction of sp³-hybridized carbons (Fsp3) is 0.440. The molecule has 7 heteroatoms. The number of carbonyl (C=O) groups excluding carboxylic acids is 1. The number of nitrogens with one attached hydrogen (secondary N) is 1. The maximum Gasteiger partial charge on any atom is 0.253 e. The number of likely N-dealkylation sites (tertiary alicyclic amines) is 1. The number of para-hydroxylation sites is 1. The first-order valence-electron chi connectivity index (χ1n) is 11.1. The largest absolute Gasteiger partial charge is 0.496 e. The van der Waals surface area contributed by atoms with Gasteiger partial charge >= 0.3 is 0 Å². The summed E-state index contributed by atoms with van der Waals surface area (Å²) < 4.78 is 5.47. The summed E-state index contributed by atoms with van der Waals surface area (Å²) in [6, 6.07) is 15.9. The monoisotopic (exact) mass is 550 g/mol. The second-order valence-corrected chi connectivity index (χ2v) is 7.89. The summed E-state index contributed by atoms with van der Waals surface area (Å²) in [5, 5.41) is 3.36. The molecule has 2 aromatic carbocycles. The minimum absolute atomic E-state index is 0. The van der Waals surface area contributed by atoms with Gasteiger partial charge in [0, 0.05) is 44.4 Å². The number of hydrogen-bond donors (Lipinski definition) is 1. The molecule has 1 aliphatic heterocycles. The van der Waals surface area contributed by atoms with Gasteiger partial charge in [-0.3, -0.25) is 4.79 Å². The Morgan fingerprint density at radius 3 is 2.44 bits per heavy atom. The van der Waals surface area contributed by atoms with Gasteiger partial charge in [-0.05, 0) is 49.9 Å². The summed E-state index contributed by atoms with van der Waals surface area (Å²) in [7, 11) is 3.71. The Morgan fingerprint density at radius 2 is 1.78 bits per heavy atom. The SMILES string of the molecule is CCNC(=NCc1ccc(C(=O)N2CCCCC2)cc1)N(C)Cc1ccccc1OC.I. The maximum absolute atomic E-state index is 12.6. The Labute approximate surface area is 209 Å². The van der Waals surface area contributed by atoms with Crippen LogP contribution >= 0.6 is 24.0 Å². The zero-order valence-electron chi connectivity index (χ0n) is 19.3. The number of guanidine groups is 1. The molecular weight excluding hydrogens is 515 g/mol. The Balaban J connectivity index is 0.00000363. The average molecular weight is 550 g/mol. The van der Waals surface area contributed by atoms with E-state index in [-0.39, 0.29) is 29.9 Å². The number of methoxy groups -OCH3 is 1. The van der Waals surface area contributed by atoms with E-state index < -0.39 is 0 Å². The molecule has 0 aliphatic carbocycles. The van der Waals surface area contributed by atoms with Crippen molar-refractivity contribution in [2.24, 2.45) is 4.99 Å². The minimum Gasteiger partial charge on any atom is -0.496 e. The van der Waals surface area contributed by atoms with Crippen LogP contribution in [0.1, 0.15) is 47.7 Å². The van der Waals surface area contributed by atoms with Gasteiger partial charge in [0.1, 0.15) is 5.75 Å². The lowest BCUT2D eigenvalue weighted by molar-refractivity contribution is 0.0724. The highest BCUT2D eigenvalue weighted by Gasteiger charge is 2.18. The molecule has 1 saturated heterocycles. The Morgan fingerprint density at radius 1 is 1.09 bits per heavy atom. The van der Waals surface area contributed by atoms with Crippen molar-refractivity contribution in [3.8, 4) is 5.75 Å². The molecule has 0 atom stereocenters. The number of rotatable bonds is 7. The van der Waals surface area contributed by atoms with Gasteiger partial charge in [-0.2, -0.15) is 0 Å². The minimum atomic E-state index is 0. The van der Waals surface area contributed by atoms with E-state index in [2.05, 4.69) is 23.2 Å². The van der Waals surface area contributed by atoms with E-state index in [1.807, 2.05) is 54.4 Å². The van der Waals surface area contributed by atoms with Crippen LogP contribution in [0.2, 0.25) is 0 Å². The number of ether oxygens (including phenoxy) is 1. The van der Waals surface area contributed by atoms with Crippen LogP contribution in [0, 0.1) is 0 Å². The Bertz CT molecular complexity index is 880. The Kier molecular flexibility index (Phi) is 10.8. The number of benzene rings is 2. The number of aliphatic imine (C=N–C) groups is 1. The number of amides is 1. The molecule has 3 rings (SSSR count). The average Bonchev–Trinajstić information content (AvgIpc) is 2.82. The van der Waals surface area contributed by atoms with Crippen LogP contribution in [0.5, 0.6) is 5.75 Å². The van der Waals surface area contributed by atoms with Gasteiger partial charge in [-0.15, -0.1) is 24.0 Å². The van der Waals surface area contributed by atoms with Crippen LogP contribution in [-0.4, -0.2) is 55.5 Å². The quantitative estimate of drug-likeness (QED) is 0.313. The fourth-order valence-corrected chi connectivity index (χ4v) is 3.83. The number of halogens is 1. The molecule has 6 nitrogen and oxygen atoms in total. The second-order valence-electron chi connectivity index (χ2n) is 7.89. The molecule has 0 bridgehead atoms. The molecule has 174 valence electrons. The van der Waals surface area contributed by atoms with E-state index in [1.165, 1.54) is 6.42 Å². The highest BCUT2D eigenvalue weighted by Crippen LogP contribution is 2.19. The van der Waals surface area contributed by atoms with Crippen LogP contribution in [0.15, 0.2) is 53.5 Å². The predicted molar refractivity (Wildman–Crippen MR) is 141 cm³/mol. The zero-order valence-corrected chi connectivity index (χ0v) is 21.7. The molecule has 2 aromatic rings. The summed E-state index contributed by atoms with van der Waals surface area (Å²) in [6.45, 7) is 5.84. The second kappa shape index (κ2) is 13.3. The van der Waals surface area contributed by atoms with Gasteiger partial charge in [0.15, 0.2) is 5.96 Å². The molecule has 0 unspecified atom stereocenters. The molecule has 32 heavy (non-hydrogen) atoms. The first-order chi connectivity index (χ1) is 15.1. The zero-order chi connectivity index (χ0) is 22.1. The van der Waals surface area contributed by atoms with Crippen molar-refractivity contribution in [2.75, 3.05) is 33.8 Å². The van der Waals surface area contributed by atoms with Gasteiger partial charge < -0.3 is 19.9 Å². The summed E-state index contributed by atoms with van der Waals surface area (Å²) in [6.07, 6.45) is 3.43. The van der Waals surface area contributed by atoms with Gasteiger partial charge in [0.2, 0.25) is 0 Å². The molecule has 1 aliphatic rings. The first-order valence-corrected chi connectivity index (χ1v) is 11.1. The maximum atomic E-state index is 12.6. The van der Waals surface area contributed by atoms with Crippen LogP contribution in [-0.2, 0) is 13.1 Å². The van der Waals surface area contributed by atoms with Crippen LogP contribution in [0.4, 0.5) is 0 Å². The normalized spacial score (nSPS) is 13.8. The Hall–Kier alpha value is -2.29. The highest BCUT2D eigenvalue weighted by atomic mass is 127. The summed E-state index contributed by atoms with van der Waals surface area (Å²) >= 11 is 0. The first kappa shape index (κ1) is 26.0. The van der Waals surface area contributed by atoms with Crippen LogP contribution < -0.4 is 10.1 Å². The predicted octanol–water partition coefficient (Wildman–Crippen LogP) is 4.54. The number of hydrogen-bond acceptors (Lipinski definition) is 3. The van der Waals surface area contributed by atoms with Gasteiger partial charge in [0.05, 0.1) is 13.7 Å². The van der Waals surface area contributed by atoms with E-state index in [9.17, 15) is 4.79 Å². The third-order valence-corrected chi connectivity index (χ3v) is 5.55. The lowest BCUT2D eigenvalue weighted by Crippen LogP contribution is -2.38. The lowest BCUT2D eigenvalue weighted by Gasteiger charge is -2.26. The molecule has 0 aromatic heterocycles. The van der Waals surface area contributed by atoms with Crippen LogP contribution in [0.3, 0.4) is 0 Å². The molecule has 1 heterocycles. The van der Waals surface area contributed by atoms with Gasteiger partial charge in [0.25, 0.3) is 5.91 Å². The molecular formula is C25H35IN4O2. The third kappa shape index (κ3) is 7.12. The lowest BCUT2D eigenvalue weighted by atomic mass is 10.1. The summed E-state index contributed by atoms with van der Waals surface area (Å²) in [4.78, 5) is 21.5. The number of nitrogens with zero attached hydrogens (tertiary/aromatic N) is 3. The molecule has 1 N–H and O–H groups in total. The van der Waals surface area contributed by atoms with Crippen molar-refractivity contribution in [1.82, 2.24) is 15.1 Å². The summed E-state index contributed by atoms with van der Waals surface area (Å²) in [5.41, 5.74) is 2.95. The summed E-state index contributed by atoms with van der Waals surface area (Å²) in [5.74, 6) is 1.85. The molecule has 0 radical (unpaired) electrons. The van der Waals surface area contributed by atoms with Crippen molar-refractivity contribution < 1.29 is 9.53 Å². The molecule has 1 amide bonds. The molecule has 0 spiro atoms. The van der Waals surface area contributed by atoms with E-state index in [4.69, 9.17) is 9.73 Å². The van der Waals surface area contributed by atoms with E-state index in [1.54, 1.807) is 7.11 Å². The van der Waals surface area contributed by atoms with Crippen molar-refractivity contribution in [3.63, 3.8) is 0 Å². The third-order valence-electron chi connectivity index (χ3n) is 5.55. The number of piperidine rings is 1. The van der Waals surface area contributed by atoms with Gasteiger partial charge in [-0.25, -0.2) is 4.99 Å². The fourth-order valence-electron chi connectivity index (χ4n) is 3.83. The highest BCUT2D eigenvalue weighted by molar-refractivity contribution is 14.0. The van der Waals surface area contributed by atoms with E-state index >= 15 is 0 Å². The van der Waals surface area contributed by atoms with Crippen molar-refractivity contribution in [3.05, 3.63) is 65.2 Å². The van der Waals surface area contributed by atoms with Crippen molar-refractivity contribution >= 4 is 35.8 Å². The van der Waals surface area contributed by atoms with E-state index in [0.717, 1.165) is 60.9 Å². The van der Waals surface area contributed by atoms with Crippen molar-refractivity contribution in [1.29, 1.82) is 0 Å². The molecule has 0 saturated carbocycles. The van der Waals surface area contributed by atoms with Gasteiger partial charge in [-0.1, -0.05) is 30.3 Å². The molecule has 1 fully saturated rings. The van der Waals surface area contributed by atoms with Crippen molar-refractivity contribution in [2.45, 2.75) is 39.3 Å². The smallest absolute Gasteiger partial charge is 0.253 e. The number of carbonyl (C=O) groups is 1. The topological polar surface area (TPSA) is 57.2 Å². The standard InChI is InChI=1S/C25H34N4O2.HI/c1-4-26-25(28(2)19-22-10-6-7-11-23(22)31-3)27-18-20-12-14-21(15-13-20)24(30)29-16-8-5-9-17-29;/h6-7,10-15H,4-5,8-9,16-19H2,1-3H3,(H,26,27);1H. The van der Waals surface area contributed by atoms with E-state index in [0.29, 0.717) is 13.1 Å².